The summed E-state index contributed by atoms with van der Waals surface area (Å²) < 4.78 is 0. The monoisotopic (exact) mass is 99.1 g/mol. The van der Waals surface area contributed by atoms with Crippen molar-refractivity contribution in [3.63, 3.8) is 0 Å². The van der Waals surface area contributed by atoms with E-state index in [2.05, 4.69) is 0 Å². The molecular weight excluding hydrogens is 88.1 g/mol. The summed E-state index contributed by atoms with van der Waals surface area (Å²) in [6.45, 7) is 3.86. The fourth-order valence-corrected chi connectivity index (χ4v) is 0.390. The van der Waals surface area contributed by atoms with Crippen LogP contribution in [0.1, 0.15) is 20.3 Å². The van der Waals surface area contributed by atoms with Gasteiger partial charge in [0.25, 0.3) is 0 Å². The quantitative estimate of drug-likeness (QED) is 0.470. The molecule has 0 heterocycles. The average Bonchev–Trinajstić information content (AvgIpc) is 1.72. The van der Waals surface area contributed by atoms with Crippen LogP contribution in [0.25, 0.3) is 0 Å². The normalized spacial score (nSPS) is 12.1. The third-order valence-corrected chi connectivity index (χ3v) is 1.05. The molecular formula is C6H11O. The molecule has 0 fully saturated rings. The molecule has 0 amide bonds. The highest BCUT2D eigenvalue weighted by Crippen LogP contribution is 1.95. The zero-order valence-corrected chi connectivity index (χ0v) is 4.90. The standard InChI is InChI=1S/C6H11O/c1-3-6(4-2)5-7/h3H,4-5H2,1-2H3/b6-3+. The minimum Gasteiger partial charge on any atom is -0.232 e. The van der Waals surface area contributed by atoms with Crippen molar-refractivity contribution in [1.82, 2.24) is 0 Å². The van der Waals surface area contributed by atoms with Gasteiger partial charge in [0.15, 0.2) is 0 Å². The van der Waals surface area contributed by atoms with Crippen LogP contribution in [0.5, 0.6) is 0 Å². The van der Waals surface area contributed by atoms with E-state index in [1.807, 2.05) is 19.9 Å². The molecule has 1 heteroatoms. The summed E-state index contributed by atoms with van der Waals surface area (Å²) in [6.07, 6.45) is 2.78. The van der Waals surface area contributed by atoms with E-state index < -0.39 is 0 Å². The van der Waals surface area contributed by atoms with E-state index in [1.54, 1.807) is 0 Å². The minimum atomic E-state index is -0.0347. The predicted molar refractivity (Wildman–Crippen MR) is 29.6 cm³/mol. The summed E-state index contributed by atoms with van der Waals surface area (Å²) >= 11 is 0. The Labute approximate surface area is 44.7 Å². The van der Waals surface area contributed by atoms with Crippen LogP contribution >= 0.6 is 0 Å². The molecule has 0 aromatic heterocycles. The Kier molecular flexibility index (Phi) is 3.71. The fraction of sp³-hybridized carbons (Fsp3) is 0.667. The fourth-order valence-electron chi connectivity index (χ4n) is 0.390. The second-order valence-corrected chi connectivity index (χ2v) is 1.44. The zero-order chi connectivity index (χ0) is 5.70. The summed E-state index contributed by atoms with van der Waals surface area (Å²) in [7, 11) is 0. The molecule has 0 aliphatic heterocycles. The number of hydrogen-bond acceptors (Lipinski definition) is 0. The van der Waals surface area contributed by atoms with Crippen LogP contribution in [0, 0.1) is 0 Å². The van der Waals surface area contributed by atoms with E-state index in [-0.39, 0.29) is 6.61 Å². The Hall–Kier alpha value is -0.300. The SMILES string of the molecule is C/C=C(\CC)C[O]. The van der Waals surface area contributed by atoms with Gasteiger partial charge in [-0.1, -0.05) is 13.0 Å². The second-order valence-electron chi connectivity index (χ2n) is 1.44. The summed E-state index contributed by atoms with van der Waals surface area (Å²) in [4.78, 5) is 0. The third kappa shape index (κ3) is 2.40. The topological polar surface area (TPSA) is 19.9 Å². The third-order valence-electron chi connectivity index (χ3n) is 1.05. The molecule has 0 atom stereocenters. The highest BCUT2D eigenvalue weighted by Gasteiger charge is 1.85. The Morgan fingerprint density at radius 2 is 2.29 bits per heavy atom. The van der Waals surface area contributed by atoms with Gasteiger partial charge in [0.2, 0.25) is 0 Å². The molecule has 7 heavy (non-hydrogen) atoms. The molecule has 1 nitrogen and oxygen atoms in total. The number of rotatable bonds is 2. The molecule has 0 aliphatic rings. The molecule has 0 unspecified atom stereocenters. The van der Waals surface area contributed by atoms with Crippen molar-refractivity contribution in [2.24, 2.45) is 0 Å². The first kappa shape index (κ1) is 6.70. The van der Waals surface area contributed by atoms with Crippen LogP contribution < -0.4 is 0 Å². The first-order chi connectivity index (χ1) is 3.35. The van der Waals surface area contributed by atoms with Gasteiger partial charge in [0.05, 0.1) is 0 Å². The highest BCUT2D eigenvalue weighted by atomic mass is 16.3. The first-order valence-corrected chi connectivity index (χ1v) is 2.57. The summed E-state index contributed by atoms with van der Waals surface area (Å²) in [5, 5.41) is 10.0. The Morgan fingerprint density at radius 1 is 1.71 bits per heavy atom. The van der Waals surface area contributed by atoms with E-state index in [0.717, 1.165) is 12.0 Å². The van der Waals surface area contributed by atoms with Crippen LogP contribution in [0.3, 0.4) is 0 Å². The van der Waals surface area contributed by atoms with E-state index >= 15 is 0 Å². The van der Waals surface area contributed by atoms with Crippen molar-refractivity contribution in [3.05, 3.63) is 11.6 Å². The Balaban J connectivity index is 3.38. The largest absolute Gasteiger partial charge is 0.232 e. The van der Waals surface area contributed by atoms with Crippen LogP contribution in [0.4, 0.5) is 0 Å². The van der Waals surface area contributed by atoms with Crippen molar-refractivity contribution >= 4 is 0 Å². The molecule has 0 saturated carbocycles. The van der Waals surface area contributed by atoms with E-state index in [1.165, 1.54) is 0 Å². The van der Waals surface area contributed by atoms with E-state index in [9.17, 15) is 5.11 Å². The lowest BCUT2D eigenvalue weighted by Gasteiger charge is -1.90. The van der Waals surface area contributed by atoms with Gasteiger partial charge in [-0.25, -0.2) is 5.11 Å². The zero-order valence-electron chi connectivity index (χ0n) is 4.90. The molecule has 0 bridgehead atoms. The molecule has 0 saturated heterocycles. The van der Waals surface area contributed by atoms with Gasteiger partial charge >= 0.3 is 0 Å². The molecule has 0 spiro atoms. The van der Waals surface area contributed by atoms with Crippen LogP contribution in [-0.4, -0.2) is 6.61 Å². The van der Waals surface area contributed by atoms with Gasteiger partial charge in [0, 0.05) is 0 Å². The van der Waals surface area contributed by atoms with Crippen molar-refractivity contribution in [2.45, 2.75) is 20.3 Å². The molecule has 41 valence electrons. The summed E-state index contributed by atoms with van der Waals surface area (Å²) in [5.74, 6) is 0. The molecule has 1 radical (unpaired) electrons. The van der Waals surface area contributed by atoms with Crippen molar-refractivity contribution in [3.8, 4) is 0 Å². The first-order valence-electron chi connectivity index (χ1n) is 2.57. The van der Waals surface area contributed by atoms with Crippen LogP contribution in [0.15, 0.2) is 11.6 Å². The maximum Gasteiger partial charge on any atom is 0.103 e. The van der Waals surface area contributed by atoms with Gasteiger partial charge < -0.3 is 0 Å². The lowest BCUT2D eigenvalue weighted by atomic mass is 10.2. The van der Waals surface area contributed by atoms with Crippen LogP contribution in [0.2, 0.25) is 0 Å². The molecule has 0 aromatic carbocycles. The highest BCUT2D eigenvalue weighted by molar-refractivity contribution is 4.98. The number of allylic oxidation sites excluding steroid dienone is 1. The van der Waals surface area contributed by atoms with Crippen molar-refractivity contribution in [2.75, 3.05) is 6.61 Å². The summed E-state index contributed by atoms with van der Waals surface area (Å²) in [5.41, 5.74) is 1.00. The second kappa shape index (κ2) is 3.88. The Bertz CT molecular complexity index is 58.6. The van der Waals surface area contributed by atoms with Crippen molar-refractivity contribution in [1.29, 1.82) is 0 Å². The molecule has 0 rings (SSSR count). The molecule has 0 N–H and O–H groups in total. The molecule has 0 aliphatic carbocycles. The lowest BCUT2D eigenvalue weighted by Crippen LogP contribution is -1.83. The Morgan fingerprint density at radius 3 is 2.29 bits per heavy atom. The maximum atomic E-state index is 10.0. The summed E-state index contributed by atoms with van der Waals surface area (Å²) in [6, 6.07) is 0. The van der Waals surface area contributed by atoms with E-state index in [4.69, 9.17) is 0 Å². The van der Waals surface area contributed by atoms with Gasteiger partial charge in [-0.05, 0) is 18.9 Å². The average molecular weight is 99.2 g/mol. The van der Waals surface area contributed by atoms with Crippen LogP contribution in [-0.2, 0) is 5.11 Å². The van der Waals surface area contributed by atoms with Gasteiger partial charge in [-0.3, -0.25) is 0 Å². The van der Waals surface area contributed by atoms with E-state index in [0.29, 0.717) is 0 Å². The minimum absolute atomic E-state index is 0.0347. The predicted octanol–water partition coefficient (Wildman–Crippen LogP) is 1.77. The van der Waals surface area contributed by atoms with Gasteiger partial charge in [-0.2, -0.15) is 0 Å². The maximum absolute atomic E-state index is 10.0. The smallest absolute Gasteiger partial charge is 0.103 e. The number of hydrogen-bond donors (Lipinski definition) is 0. The molecule has 0 aromatic rings. The van der Waals surface area contributed by atoms with Gasteiger partial charge in [-0.15, -0.1) is 0 Å². The lowest BCUT2D eigenvalue weighted by molar-refractivity contribution is 0.220. The van der Waals surface area contributed by atoms with Gasteiger partial charge in [0.1, 0.15) is 6.61 Å². The van der Waals surface area contributed by atoms with Crippen molar-refractivity contribution < 1.29 is 5.11 Å².